The molecule has 2 rings (SSSR count). The molecular formula is C12H11NO2. The van der Waals surface area contributed by atoms with Gasteiger partial charge in [0.05, 0.1) is 7.11 Å². The van der Waals surface area contributed by atoms with E-state index in [9.17, 15) is 4.79 Å². The maximum atomic E-state index is 11.9. The third kappa shape index (κ3) is 1.91. The van der Waals surface area contributed by atoms with Gasteiger partial charge in [-0.3, -0.25) is 9.36 Å². The molecule has 0 aliphatic heterocycles. The molecule has 0 amide bonds. The molecule has 0 bridgehead atoms. The van der Waals surface area contributed by atoms with Crippen LogP contribution in [0.15, 0.2) is 48.8 Å². The highest BCUT2D eigenvalue weighted by Crippen LogP contribution is 2.13. The van der Waals surface area contributed by atoms with Crippen LogP contribution in [-0.4, -0.2) is 17.6 Å². The fraction of sp³-hybridized carbons (Fsp3) is 0.0833. The minimum absolute atomic E-state index is 0.0566. The molecule has 3 nitrogen and oxygen atoms in total. The lowest BCUT2D eigenvalue weighted by Gasteiger charge is -2.04. The Morgan fingerprint density at radius 3 is 2.60 bits per heavy atom. The number of rotatable bonds is 2. The van der Waals surface area contributed by atoms with Gasteiger partial charge in [0.25, 0.3) is 5.91 Å². The van der Waals surface area contributed by atoms with Crippen molar-refractivity contribution in [3.63, 3.8) is 0 Å². The van der Waals surface area contributed by atoms with Crippen LogP contribution < -0.4 is 4.74 Å². The summed E-state index contributed by atoms with van der Waals surface area (Å²) in [4.78, 5) is 11.9. The van der Waals surface area contributed by atoms with E-state index in [-0.39, 0.29) is 5.91 Å². The molecule has 0 aliphatic carbocycles. The third-order valence-electron chi connectivity index (χ3n) is 2.16. The monoisotopic (exact) mass is 201 g/mol. The van der Waals surface area contributed by atoms with Crippen molar-refractivity contribution < 1.29 is 9.53 Å². The van der Waals surface area contributed by atoms with Crippen LogP contribution in [0.5, 0.6) is 5.75 Å². The molecule has 0 aliphatic rings. The van der Waals surface area contributed by atoms with Gasteiger partial charge in [-0.1, -0.05) is 6.07 Å². The number of aromatic nitrogens is 1. The Morgan fingerprint density at radius 2 is 1.93 bits per heavy atom. The van der Waals surface area contributed by atoms with Gasteiger partial charge >= 0.3 is 0 Å². The minimum Gasteiger partial charge on any atom is -0.497 e. The number of carbonyl (C=O) groups is 1. The van der Waals surface area contributed by atoms with Crippen LogP contribution >= 0.6 is 0 Å². The Kier molecular flexibility index (Phi) is 2.54. The third-order valence-corrected chi connectivity index (χ3v) is 2.16. The number of benzene rings is 1. The average Bonchev–Trinajstić information content (AvgIpc) is 2.81. The summed E-state index contributed by atoms with van der Waals surface area (Å²) in [5.41, 5.74) is 0.616. The first-order valence-electron chi connectivity index (χ1n) is 4.63. The van der Waals surface area contributed by atoms with Crippen molar-refractivity contribution in [3.8, 4) is 5.75 Å². The Bertz CT molecular complexity index is 460. The molecule has 1 aromatic carbocycles. The summed E-state index contributed by atoms with van der Waals surface area (Å²) in [7, 11) is 1.58. The van der Waals surface area contributed by atoms with Gasteiger partial charge in [-0.15, -0.1) is 0 Å². The standard InChI is InChI=1S/C12H11NO2/c1-15-11-6-4-5-10(9-11)12(14)13-7-2-3-8-13/h2-9H,1H3. The summed E-state index contributed by atoms with van der Waals surface area (Å²) in [6, 6.07) is 10.7. The van der Waals surface area contributed by atoms with E-state index in [0.717, 1.165) is 0 Å². The largest absolute Gasteiger partial charge is 0.497 e. The van der Waals surface area contributed by atoms with Gasteiger partial charge in [-0.2, -0.15) is 0 Å². The van der Waals surface area contributed by atoms with Crippen molar-refractivity contribution >= 4 is 5.91 Å². The summed E-state index contributed by atoms with van der Waals surface area (Å²) < 4.78 is 6.60. The summed E-state index contributed by atoms with van der Waals surface area (Å²) in [5.74, 6) is 0.631. The van der Waals surface area contributed by atoms with E-state index in [1.807, 2.05) is 18.2 Å². The number of hydrogen-bond acceptors (Lipinski definition) is 2. The van der Waals surface area contributed by atoms with Crippen LogP contribution in [0.3, 0.4) is 0 Å². The molecule has 2 aromatic rings. The molecule has 76 valence electrons. The lowest BCUT2D eigenvalue weighted by atomic mass is 10.2. The van der Waals surface area contributed by atoms with Crippen molar-refractivity contribution in [1.82, 2.24) is 4.57 Å². The minimum atomic E-state index is -0.0566. The van der Waals surface area contributed by atoms with Crippen LogP contribution in [0.1, 0.15) is 10.4 Å². The van der Waals surface area contributed by atoms with Gasteiger partial charge in [-0.25, -0.2) is 0 Å². The van der Waals surface area contributed by atoms with E-state index in [2.05, 4.69) is 0 Å². The highest BCUT2D eigenvalue weighted by atomic mass is 16.5. The molecule has 0 saturated heterocycles. The molecule has 0 radical (unpaired) electrons. The van der Waals surface area contributed by atoms with E-state index in [4.69, 9.17) is 4.74 Å². The summed E-state index contributed by atoms with van der Waals surface area (Å²) in [5, 5.41) is 0. The molecule has 0 N–H and O–H groups in total. The quantitative estimate of drug-likeness (QED) is 0.745. The van der Waals surface area contributed by atoms with Crippen LogP contribution in [0.4, 0.5) is 0 Å². The van der Waals surface area contributed by atoms with E-state index in [0.29, 0.717) is 11.3 Å². The zero-order valence-corrected chi connectivity index (χ0v) is 8.38. The first kappa shape index (κ1) is 9.52. The maximum absolute atomic E-state index is 11.9. The summed E-state index contributed by atoms with van der Waals surface area (Å²) in [6.07, 6.45) is 3.45. The molecule has 0 saturated carbocycles. The Hall–Kier alpha value is -2.03. The van der Waals surface area contributed by atoms with Gasteiger partial charge in [0.15, 0.2) is 0 Å². The first-order valence-corrected chi connectivity index (χ1v) is 4.63. The number of nitrogens with zero attached hydrogens (tertiary/aromatic N) is 1. The van der Waals surface area contributed by atoms with Gasteiger partial charge in [0.1, 0.15) is 5.75 Å². The fourth-order valence-electron chi connectivity index (χ4n) is 1.38. The lowest BCUT2D eigenvalue weighted by molar-refractivity contribution is 0.0960. The molecule has 0 atom stereocenters. The SMILES string of the molecule is COc1cccc(C(=O)n2cccc2)c1. The number of methoxy groups -OCH3 is 1. The van der Waals surface area contributed by atoms with Crippen molar-refractivity contribution in [2.24, 2.45) is 0 Å². The van der Waals surface area contributed by atoms with Gasteiger partial charge in [-0.05, 0) is 30.3 Å². The normalized spacial score (nSPS) is 9.93. The predicted molar refractivity (Wildman–Crippen MR) is 57.2 cm³/mol. The molecule has 15 heavy (non-hydrogen) atoms. The lowest BCUT2D eigenvalue weighted by Crippen LogP contribution is -2.09. The molecule has 0 spiro atoms. The molecule has 0 unspecified atom stereocenters. The molecule has 3 heteroatoms. The van der Waals surface area contributed by atoms with Crippen LogP contribution in [0.2, 0.25) is 0 Å². The number of ether oxygens (including phenoxy) is 1. The van der Waals surface area contributed by atoms with Crippen LogP contribution in [0.25, 0.3) is 0 Å². The van der Waals surface area contributed by atoms with Crippen LogP contribution in [-0.2, 0) is 0 Å². The Labute approximate surface area is 87.9 Å². The smallest absolute Gasteiger partial charge is 0.261 e. The van der Waals surface area contributed by atoms with Crippen LogP contribution in [0, 0.1) is 0 Å². The number of carbonyl (C=O) groups excluding carboxylic acids is 1. The van der Waals surface area contributed by atoms with Gasteiger partial charge in [0, 0.05) is 18.0 Å². The zero-order valence-electron chi connectivity index (χ0n) is 8.38. The molecule has 1 aromatic heterocycles. The molecule has 0 fully saturated rings. The van der Waals surface area contributed by atoms with E-state index in [1.165, 1.54) is 4.57 Å². The van der Waals surface area contributed by atoms with E-state index in [1.54, 1.807) is 37.7 Å². The first-order chi connectivity index (χ1) is 7.31. The number of hydrogen-bond donors (Lipinski definition) is 0. The van der Waals surface area contributed by atoms with Crippen molar-refractivity contribution in [2.45, 2.75) is 0 Å². The second-order valence-corrected chi connectivity index (χ2v) is 3.13. The van der Waals surface area contributed by atoms with E-state index >= 15 is 0 Å². The summed E-state index contributed by atoms with van der Waals surface area (Å²) >= 11 is 0. The van der Waals surface area contributed by atoms with Gasteiger partial charge in [0.2, 0.25) is 0 Å². The second kappa shape index (κ2) is 4.00. The fourth-order valence-corrected chi connectivity index (χ4v) is 1.38. The summed E-state index contributed by atoms with van der Waals surface area (Å²) in [6.45, 7) is 0. The Morgan fingerprint density at radius 1 is 1.20 bits per heavy atom. The second-order valence-electron chi connectivity index (χ2n) is 3.13. The zero-order chi connectivity index (χ0) is 10.7. The van der Waals surface area contributed by atoms with Crippen molar-refractivity contribution in [3.05, 3.63) is 54.4 Å². The highest BCUT2D eigenvalue weighted by Gasteiger charge is 2.07. The maximum Gasteiger partial charge on any atom is 0.261 e. The van der Waals surface area contributed by atoms with E-state index < -0.39 is 0 Å². The molecule has 1 heterocycles. The topological polar surface area (TPSA) is 31.2 Å². The van der Waals surface area contributed by atoms with Gasteiger partial charge < -0.3 is 4.74 Å². The van der Waals surface area contributed by atoms with Crippen molar-refractivity contribution in [1.29, 1.82) is 0 Å². The van der Waals surface area contributed by atoms with Crippen molar-refractivity contribution in [2.75, 3.05) is 7.11 Å². The Balaban J connectivity index is 2.34. The highest BCUT2D eigenvalue weighted by molar-refractivity contribution is 5.96. The molecular weight excluding hydrogens is 190 g/mol. The average molecular weight is 201 g/mol. The predicted octanol–water partition coefficient (Wildman–Crippen LogP) is 2.19.